The summed E-state index contributed by atoms with van der Waals surface area (Å²) in [5.74, 6) is -1.20. The first-order valence-electron chi connectivity index (χ1n) is 8.29. The van der Waals surface area contributed by atoms with Crippen molar-refractivity contribution in [3.8, 4) is 0 Å². The monoisotopic (exact) mass is 387 g/mol. The summed E-state index contributed by atoms with van der Waals surface area (Å²) in [7, 11) is 0. The summed E-state index contributed by atoms with van der Waals surface area (Å²) in [6.45, 7) is 0. The minimum Gasteiger partial charge on any atom is -0.477 e. The standard InChI is InChI=1S/C20H15Cl2NO3/c21-16-3-1-2-12(18(16)22)8-11-4-7-17-14(9-11)19(24)15(20(25)26)10-23(17)13-5-6-13/h1-4,7,9-10,13H,5-6,8H2,(H,25,26). The highest BCUT2D eigenvalue weighted by Crippen LogP contribution is 2.37. The van der Waals surface area contributed by atoms with E-state index in [9.17, 15) is 14.7 Å². The van der Waals surface area contributed by atoms with Crippen LogP contribution in [0.5, 0.6) is 0 Å². The zero-order valence-electron chi connectivity index (χ0n) is 13.7. The fourth-order valence-electron chi connectivity index (χ4n) is 3.22. The molecule has 0 unspecified atom stereocenters. The van der Waals surface area contributed by atoms with Gasteiger partial charge in [0.25, 0.3) is 0 Å². The first kappa shape index (κ1) is 17.1. The zero-order valence-corrected chi connectivity index (χ0v) is 15.2. The molecule has 1 aromatic heterocycles. The minimum atomic E-state index is -1.20. The number of benzene rings is 2. The van der Waals surface area contributed by atoms with Gasteiger partial charge in [-0.25, -0.2) is 4.79 Å². The van der Waals surface area contributed by atoms with Crippen LogP contribution in [0, 0.1) is 0 Å². The fourth-order valence-corrected chi connectivity index (χ4v) is 3.61. The van der Waals surface area contributed by atoms with E-state index in [2.05, 4.69) is 0 Å². The van der Waals surface area contributed by atoms with Crippen LogP contribution in [0.2, 0.25) is 10.0 Å². The summed E-state index contributed by atoms with van der Waals surface area (Å²) in [6.07, 6.45) is 3.97. The van der Waals surface area contributed by atoms with Crippen LogP contribution < -0.4 is 5.43 Å². The van der Waals surface area contributed by atoms with Crippen molar-refractivity contribution in [1.29, 1.82) is 0 Å². The molecule has 1 saturated carbocycles. The molecule has 0 radical (unpaired) electrons. The third-order valence-corrected chi connectivity index (χ3v) is 5.55. The molecular formula is C20H15Cl2NO3. The van der Waals surface area contributed by atoms with Gasteiger partial charge in [-0.05, 0) is 48.6 Å². The lowest BCUT2D eigenvalue weighted by Gasteiger charge is -2.13. The molecule has 0 amide bonds. The van der Waals surface area contributed by atoms with Crippen LogP contribution in [0.4, 0.5) is 0 Å². The highest BCUT2D eigenvalue weighted by atomic mass is 35.5. The van der Waals surface area contributed by atoms with E-state index in [1.807, 2.05) is 28.8 Å². The molecular weight excluding hydrogens is 373 g/mol. The molecule has 132 valence electrons. The van der Waals surface area contributed by atoms with Gasteiger partial charge in [0.1, 0.15) is 5.56 Å². The normalized spacial score (nSPS) is 13.9. The number of carboxylic acid groups (broad SMARTS) is 1. The number of hydrogen-bond acceptors (Lipinski definition) is 2. The van der Waals surface area contributed by atoms with E-state index in [1.165, 1.54) is 6.20 Å². The largest absolute Gasteiger partial charge is 0.477 e. The van der Waals surface area contributed by atoms with Gasteiger partial charge >= 0.3 is 5.97 Å². The molecule has 1 aliphatic rings. The first-order valence-corrected chi connectivity index (χ1v) is 9.05. The number of nitrogens with zero attached hydrogens (tertiary/aromatic N) is 1. The molecule has 0 atom stereocenters. The second kappa shape index (κ2) is 6.45. The lowest BCUT2D eigenvalue weighted by Crippen LogP contribution is -2.18. The summed E-state index contributed by atoms with van der Waals surface area (Å²) in [5.41, 5.74) is 1.85. The summed E-state index contributed by atoms with van der Waals surface area (Å²) in [4.78, 5) is 24.1. The van der Waals surface area contributed by atoms with Gasteiger partial charge in [0.15, 0.2) is 0 Å². The maximum Gasteiger partial charge on any atom is 0.341 e. The Morgan fingerprint density at radius 2 is 1.96 bits per heavy atom. The maximum absolute atomic E-state index is 12.6. The zero-order chi connectivity index (χ0) is 18.4. The molecule has 1 aliphatic carbocycles. The number of aromatic carboxylic acids is 1. The lowest BCUT2D eigenvalue weighted by atomic mass is 10.0. The van der Waals surface area contributed by atoms with Crippen LogP contribution in [0.25, 0.3) is 10.9 Å². The molecule has 0 bridgehead atoms. The van der Waals surface area contributed by atoms with Gasteiger partial charge < -0.3 is 9.67 Å². The molecule has 26 heavy (non-hydrogen) atoms. The predicted molar refractivity (Wildman–Crippen MR) is 103 cm³/mol. The number of carbonyl (C=O) groups is 1. The first-order chi connectivity index (χ1) is 12.5. The molecule has 1 fully saturated rings. The Balaban J connectivity index is 1.86. The lowest BCUT2D eigenvalue weighted by molar-refractivity contribution is 0.0695. The number of carboxylic acids is 1. The Bertz CT molecular complexity index is 1100. The number of halogens is 2. The second-order valence-corrected chi connectivity index (χ2v) is 7.34. The predicted octanol–water partition coefficient (Wildman–Crippen LogP) is 4.93. The number of rotatable bonds is 4. The second-order valence-electron chi connectivity index (χ2n) is 6.56. The number of pyridine rings is 1. The van der Waals surface area contributed by atoms with Gasteiger partial charge in [0, 0.05) is 17.6 Å². The Labute approximate surface area is 159 Å². The van der Waals surface area contributed by atoms with Crippen molar-refractivity contribution in [3.63, 3.8) is 0 Å². The van der Waals surface area contributed by atoms with E-state index < -0.39 is 11.4 Å². The van der Waals surface area contributed by atoms with E-state index >= 15 is 0 Å². The Hall–Kier alpha value is -2.30. The van der Waals surface area contributed by atoms with Crippen LogP contribution in [-0.4, -0.2) is 15.6 Å². The van der Waals surface area contributed by atoms with Crippen LogP contribution in [0.1, 0.15) is 40.4 Å². The molecule has 6 heteroatoms. The van der Waals surface area contributed by atoms with Crippen molar-refractivity contribution >= 4 is 40.1 Å². The SMILES string of the molecule is O=C(O)c1cn(C2CC2)c2ccc(Cc3cccc(Cl)c3Cl)cc2c1=O. The molecule has 4 nitrogen and oxygen atoms in total. The van der Waals surface area contributed by atoms with Gasteiger partial charge in [-0.2, -0.15) is 0 Å². The van der Waals surface area contributed by atoms with Crippen LogP contribution in [-0.2, 0) is 6.42 Å². The number of aromatic nitrogens is 1. The molecule has 0 saturated heterocycles. The maximum atomic E-state index is 12.6. The third kappa shape index (κ3) is 3.00. The highest BCUT2D eigenvalue weighted by Gasteiger charge is 2.26. The van der Waals surface area contributed by atoms with Crippen LogP contribution >= 0.6 is 23.2 Å². The van der Waals surface area contributed by atoms with E-state index in [0.29, 0.717) is 21.9 Å². The molecule has 3 aromatic rings. The molecule has 0 aliphatic heterocycles. The van der Waals surface area contributed by atoms with Gasteiger partial charge in [-0.3, -0.25) is 4.79 Å². The Morgan fingerprint density at radius 1 is 1.19 bits per heavy atom. The van der Waals surface area contributed by atoms with Gasteiger partial charge in [-0.1, -0.05) is 41.4 Å². The summed E-state index contributed by atoms with van der Waals surface area (Å²) >= 11 is 12.3. The van der Waals surface area contributed by atoms with Gasteiger partial charge in [0.05, 0.1) is 15.6 Å². The molecule has 1 N–H and O–H groups in total. The topological polar surface area (TPSA) is 59.3 Å². The van der Waals surface area contributed by atoms with E-state index in [-0.39, 0.29) is 11.6 Å². The molecule has 1 heterocycles. The van der Waals surface area contributed by atoms with Crippen molar-refractivity contribution < 1.29 is 9.90 Å². The summed E-state index contributed by atoms with van der Waals surface area (Å²) < 4.78 is 1.91. The number of fused-ring (bicyclic) bond motifs is 1. The summed E-state index contributed by atoms with van der Waals surface area (Å²) in [6, 6.07) is 11.3. The van der Waals surface area contributed by atoms with Crippen LogP contribution in [0.3, 0.4) is 0 Å². The Morgan fingerprint density at radius 3 is 2.65 bits per heavy atom. The smallest absolute Gasteiger partial charge is 0.341 e. The third-order valence-electron chi connectivity index (χ3n) is 4.69. The van der Waals surface area contributed by atoms with Crippen molar-refractivity contribution in [2.75, 3.05) is 0 Å². The minimum absolute atomic E-state index is 0.192. The molecule has 2 aromatic carbocycles. The van der Waals surface area contributed by atoms with Gasteiger partial charge in [0.2, 0.25) is 5.43 Å². The van der Waals surface area contributed by atoms with Crippen molar-refractivity contribution in [3.05, 3.63) is 79.6 Å². The number of hydrogen-bond donors (Lipinski definition) is 1. The van der Waals surface area contributed by atoms with Crippen LogP contribution in [0.15, 0.2) is 47.4 Å². The molecule has 4 rings (SSSR count). The quantitative estimate of drug-likeness (QED) is 0.689. The van der Waals surface area contributed by atoms with E-state index in [0.717, 1.165) is 29.5 Å². The van der Waals surface area contributed by atoms with E-state index in [4.69, 9.17) is 23.2 Å². The van der Waals surface area contributed by atoms with Crippen molar-refractivity contribution in [1.82, 2.24) is 4.57 Å². The fraction of sp³-hybridized carbons (Fsp3) is 0.200. The van der Waals surface area contributed by atoms with Crippen molar-refractivity contribution in [2.45, 2.75) is 25.3 Å². The Kier molecular flexibility index (Phi) is 4.25. The average molecular weight is 388 g/mol. The summed E-state index contributed by atoms with van der Waals surface area (Å²) in [5, 5.41) is 10.8. The van der Waals surface area contributed by atoms with Crippen molar-refractivity contribution in [2.24, 2.45) is 0 Å². The van der Waals surface area contributed by atoms with E-state index in [1.54, 1.807) is 12.1 Å². The highest BCUT2D eigenvalue weighted by molar-refractivity contribution is 6.42. The van der Waals surface area contributed by atoms with Gasteiger partial charge in [-0.15, -0.1) is 0 Å². The average Bonchev–Trinajstić information content (AvgIpc) is 3.44. The molecule has 0 spiro atoms.